The fourth-order valence-electron chi connectivity index (χ4n) is 11.2. The van der Waals surface area contributed by atoms with E-state index in [2.05, 4.69) is 41.5 Å². The van der Waals surface area contributed by atoms with Crippen LogP contribution in [0.2, 0.25) is 0 Å². The summed E-state index contributed by atoms with van der Waals surface area (Å²) in [4.78, 5) is 0. The molecule has 0 radical (unpaired) electrons. The van der Waals surface area contributed by atoms with Crippen LogP contribution < -0.4 is 0 Å². The van der Waals surface area contributed by atoms with Gasteiger partial charge in [0.15, 0.2) is 0 Å². The monoisotopic (exact) mass is 386 g/mol. The van der Waals surface area contributed by atoms with E-state index in [1.54, 1.807) is 0 Å². The molecule has 0 bridgehead atoms. The van der Waals surface area contributed by atoms with Crippen molar-refractivity contribution in [3.05, 3.63) is 0 Å². The Labute approximate surface area is 174 Å². The molecular formula is C27H46O. The third-order valence-corrected chi connectivity index (χ3v) is 12.7. The van der Waals surface area contributed by atoms with E-state index >= 15 is 0 Å². The van der Waals surface area contributed by atoms with Gasteiger partial charge in [0.2, 0.25) is 0 Å². The van der Waals surface area contributed by atoms with Gasteiger partial charge in [-0.1, -0.05) is 48.0 Å². The predicted octanol–water partition coefficient (Wildman–Crippen LogP) is 7.22. The van der Waals surface area contributed by atoms with Gasteiger partial charge in [-0.05, 0) is 115 Å². The van der Waals surface area contributed by atoms with Crippen molar-refractivity contribution in [1.82, 2.24) is 0 Å². The third kappa shape index (κ3) is 2.19. The lowest BCUT2D eigenvalue weighted by Crippen LogP contribution is -2.65. The number of hydrogen-bond donors (Lipinski definition) is 1. The Bertz CT molecular complexity index is 653. The molecule has 0 aromatic carbocycles. The standard InChI is InChI=1S/C27H46O/c1-23(2)13-7-14-25(4)20(23)12-17-27(6)22(25)9-8-21-24(3)15-11-19(28)18(24)10-16-26(21,27)5/h18-22,28H,7-17H2,1-6H3. The summed E-state index contributed by atoms with van der Waals surface area (Å²) in [6.07, 6.45) is 15.1. The maximum atomic E-state index is 10.7. The summed E-state index contributed by atoms with van der Waals surface area (Å²) >= 11 is 0. The SMILES string of the molecule is CC1(C)CCCC2(C)C1CCC1(C)C2CCC2C3(C)CCC(O)C3CCC21C. The molecule has 5 fully saturated rings. The fourth-order valence-corrected chi connectivity index (χ4v) is 11.2. The molecule has 0 amide bonds. The first-order valence-corrected chi connectivity index (χ1v) is 12.7. The molecule has 0 heterocycles. The summed E-state index contributed by atoms with van der Waals surface area (Å²) in [7, 11) is 0. The highest BCUT2D eigenvalue weighted by Crippen LogP contribution is 2.77. The first-order valence-electron chi connectivity index (χ1n) is 12.7. The topological polar surface area (TPSA) is 20.2 Å². The van der Waals surface area contributed by atoms with Crippen molar-refractivity contribution in [1.29, 1.82) is 0 Å². The van der Waals surface area contributed by atoms with E-state index in [1.807, 2.05) is 0 Å². The average molecular weight is 387 g/mol. The third-order valence-electron chi connectivity index (χ3n) is 12.7. The van der Waals surface area contributed by atoms with Gasteiger partial charge in [-0.15, -0.1) is 0 Å². The lowest BCUT2D eigenvalue weighted by Gasteiger charge is -2.73. The zero-order valence-corrected chi connectivity index (χ0v) is 19.6. The van der Waals surface area contributed by atoms with Crippen LogP contribution in [0.1, 0.15) is 112 Å². The summed E-state index contributed by atoms with van der Waals surface area (Å²) < 4.78 is 0. The van der Waals surface area contributed by atoms with E-state index in [0.29, 0.717) is 33.0 Å². The van der Waals surface area contributed by atoms with Crippen molar-refractivity contribution in [2.24, 2.45) is 50.7 Å². The molecule has 5 aliphatic rings. The molecule has 0 spiro atoms. The minimum absolute atomic E-state index is 0.0209. The molecule has 9 atom stereocenters. The van der Waals surface area contributed by atoms with Crippen molar-refractivity contribution in [3.63, 3.8) is 0 Å². The Morgan fingerprint density at radius 2 is 1.18 bits per heavy atom. The van der Waals surface area contributed by atoms with Crippen LogP contribution in [0, 0.1) is 50.7 Å². The van der Waals surface area contributed by atoms with Crippen molar-refractivity contribution in [2.45, 2.75) is 118 Å². The van der Waals surface area contributed by atoms with Crippen LogP contribution in [0.15, 0.2) is 0 Å². The van der Waals surface area contributed by atoms with E-state index in [4.69, 9.17) is 0 Å². The Kier molecular flexibility index (Phi) is 4.12. The van der Waals surface area contributed by atoms with Crippen LogP contribution in [0.4, 0.5) is 0 Å². The molecule has 1 heteroatoms. The number of aliphatic hydroxyl groups is 1. The van der Waals surface area contributed by atoms with Crippen LogP contribution in [0.5, 0.6) is 0 Å². The largest absolute Gasteiger partial charge is 0.393 e. The molecule has 1 nitrogen and oxygen atoms in total. The van der Waals surface area contributed by atoms with Gasteiger partial charge in [0.05, 0.1) is 6.10 Å². The zero-order valence-electron chi connectivity index (χ0n) is 19.6. The highest BCUT2D eigenvalue weighted by atomic mass is 16.3. The Balaban J connectivity index is 1.55. The second kappa shape index (κ2) is 5.80. The van der Waals surface area contributed by atoms with E-state index in [1.165, 1.54) is 64.2 Å². The van der Waals surface area contributed by atoms with Gasteiger partial charge in [-0.25, -0.2) is 0 Å². The second-order valence-corrected chi connectivity index (χ2v) is 13.7. The van der Waals surface area contributed by atoms with Crippen molar-refractivity contribution >= 4 is 0 Å². The Morgan fingerprint density at radius 1 is 0.571 bits per heavy atom. The number of rotatable bonds is 0. The quantitative estimate of drug-likeness (QED) is 0.466. The lowest BCUT2D eigenvalue weighted by atomic mass is 9.32. The summed E-state index contributed by atoms with van der Waals surface area (Å²) in [5.74, 6) is 3.23. The van der Waals surface area contributed by atoms with Crippen LogP contribution in [0.3, 0.4) is 0 Å². The van der Waals surface area contributed by atoms with Gasteiger partial charge < -0.3 is 5.11 Å². The van der Waals surface area contributed by atoms with E-state index in [-0.39, 0.29) is 6.10 Å². The molecule has 0 aromatic heterocycles. The molecule has 160 valence electrons. The molecule has 5 aliphatic carbocycles. The van der Waals surface area contributed by atoms with Gasteiger partial charge in [-0.2, -0.15) is 0 Å². The summed E-state index contributed by atoms with van der Waals surface area (Å²) in [6, 6.07) is 0. The molecule has 0 aliphatic heterocycles. The lowest BCUT2D eigenvalue weighted by molar-refractivity contribution is -0.242. The number of aliphatic hydroxyl groups excluding tert-OH is 1. The second-order valence-electron chi connectivity index (χ2n) is 13.7. The van der Waals surface area contributed by atoms with Gasteiger partial charge >= 0.3 is 0 Å². The van der Waals surface area contributed by atoms with E-state index < -0.39 is 0 Å². The minimum Gasteiger partial charge on any atom is -0.393 e. The predicted molar refractivity (Wildman–Crippen MR) is 117 cm³/mol. The minimum atomic E-state index is -0.0209. The fraction of sp³-hybridized carbons (Fsp3) is 1.00. The van der Waals surface area contributed by atoms with E-state index in [0.717, 1.165) is 24.2 Å². The van der Waals surface area contributed by atoms with Crippen LogP contribution in [-0.2, 0) is 0 Å². The first kappa shape index (κ1) is 19.9. The smallest absolute Gasteiger partial charge is 0.0573 e. The summed E-state index contributed by atoms with van der Waals surface area (Å²) in [5.41, 5.74) is 2.45. The highest BCUT2D eigenvalue weighted by Gasteiger charge is 2.70. The molecular weight excluding hydrogens is 340 g/mol. The van der Waals surface area contributed by atoms with E-state index in [9.17, 15) is 5.11 Å². The molecule has 5 rings (SSSR count). The van der Waals surface area contributed by atoms with Gasteiger partial charge in [-0.3, -0.25) is 0 Å². The maximum absolute atomic E-state index is 10.7. The van der Waals surface area contributed by atoms with Gasteiger partial charge in [0.25, 0.3) is 0 Å². The van der Waals surface area contributed by atoms with Gasteiger partial charge in [0.1, 0.15) is 0 Å². The Hall–Kier alpha value is -0.0400. The van der Waals surface area contributed by atoms with Crippen molar-refractivity contribution in [3.8, 4) is 0 Å². The average Bonchev–Trinajstić information content (AvgIpc) is 2.90. The maximum Gasteiger partial charge on any atom is 0.0573 e. The first-order chi connectivity index (χ1) is 13.0. The number of fused-ring (bicyclic) bond motifs is 7. The molecule has 0 aromatic rings. The molecule has 5 saturated carbocycles. The van der Waals surface area contributed by atoms with Crippen LogP contribution in [0.25, 0.3) is 0 Å². The Morgan fingerprint density at radius 3 is 1.86 bits per heavy atom. The normalized spacial score (nSPS) is 60.3. The van der Waals surface area contributed by atoms with Crippen molar-refractivity contribution < 1.29 is 5.11 Å². The summed E-state index contributed by atoms with van der Waals surface area (Å²) in [6.45, 7) is 15.9. The zero-order chi connectivity index (χ0) is 20.2. The summed E-state index contributed by atoms with van der Waals surface area (Å²) in [5, 5.41) is 10.7. The van der Waals surface area contributed by atoms with Crippen molar-refractivity contribution in [2.75, 3.05) is 0 Å². The molecule has 0 saturated heterocycles. The van der Waals surface area contributed by atoms with Gasteiger partial charge in [0, 0.05) is 0 Å². The van der Waals surface area contributed by atoms with Crippen LogP contribution >= 0.6 is 0 Å². The highest BCUT2D eigenvalue weighted by molar-refractivity contribution is 5.18. The van der Waals surface area contributed by atoms with Crippen LogP contribution in [-0.4, -0.2) is 11.2 Å². The molecule has 1 N–H and O–H groups in total. The molecule has 9 unspecified atom stereocenters. The molecule has 28 heavy (non-hydrogen) atoms. The number of hydrogen-bond acceptors (Lipinski definition) is 1.